The first kappa shape index (κ1) is 19.3. The molecular formula is C21H27NO3Se. The topological polar surface area (TPSA) is 70.3 Å². The number of rotatable bonds is 5. The number of aliphatic hydroxyl groups excluding tert-OH is 1. The van der Waals surface area contributed by atoms with Gasteiger partial charge in [-0.3, -0.25) is 0 Å². The van der Waals surface area contributed by atoms with Crippen LogP contribution in [0.4, 0.5) is 0 Å². The van der Waals surface area contributed by atoms with Crippen LogP contribution in [0.3, 0.4) is 0 Å². The van der Waals surface area contributed by atoms with Crippen LogP contribution in [0.2, 0.25) is 5.32 Å². The van der Waals surface area contributed by atoms with Crippen LogP contribution in [0, 0.1) is 28.1 Å². The minimum atomic E-state index is -1.93. The number of aliphatic hydroxyl groups is 1. The van der Waals surface area contributed by atoms with Gasteiger partial charge in [-0.1, -0.05) is 0 Å². The van der Waals surface area contributed by atoms with Crippen molar-refractivity contribution >= 4 is 28.3 Å². The van der Waals surface area contributed by atoms with Crippen LogP contribution in [0.25, 0.3) is 0 Å². The van der Waals surface area contributed by atoms with E-state index < -0.39 is 19.4 Å². The van der Waals surface area contributed by atoms with E-state index in [0.717, 1.165) is 29.0 Å². The number of carbonyl (C=O) groups excluding carboxylic acids is 1. The van der Waals surface area contributed by atoms with Crippen molar-refractivity contribution < 1.29 is 14.6 Å². The molecule has 0 radical (unpaired) electrons. The molecule has 0 spiro atoms. The normalized spacial score (nSPS) is 30.5. The van der Waals surface area contributed by atoms with Gasteiger partial charge in [-0.25, -0.2) is 0 Å². The van der Waals surface area contributed by atoms with Crippen molar-refractivity contribution in [3.8, 4) is 6.07 Å². The summed E-state index contributed by atoms with van der Waals surface area (Å²) in [6, 6.07) is 12.1. The minimum absolute atomic E-state index is 0.0260. The molecule has 3 rings (SSSR count). The average Bonchev–Trinajstić information content (AvgIpc) is 2.97. The van der Waals surface area contributed by atoms with Gasteiger partial charge < -0.3 is 0 Å². The fourth-order valence-electron chi connectivity index (χ4n) is 4.89. The van der Waals surface area contributed by atoms with Crippen molar-refractivity contribution in [1.29, 1.82) is 5.26 Å². The molecule has 1 unspecified atom stereocenters. The van der Waals surface area contributed by atoms with Gasteiger partial charge in [-0.2, -0.15) is 0 Å². The van der Waals surface area contributed by atoms with Gasteiger partial charge in [0.15, 0.2) is 0 Å². The number of hydrogen-bond donors (Lipinski definition) is 1. The molecule has 0 aliphatic heterocycles. The monoisotopic (exact) mass is 421 g/mol. The van der Waals surface area contributed by atoms with Gasteiger partial charge in [0, 0.05) is 0 Å². The molecule has 2 aliphatic carbocycles. The predicted molar refractivity (Wildman–Crippen MR) is 103 cm³/mol. The summed E-state index contributed by atoms with van der Waals surface area (Å²) in [4.78, 5) is 12.5. The molecule has 140 valence electrons. The molecule has 0 heterocycles. The second kappa shape index (κ2) is 7.27. The van der Waals surface area contributed by atoms with E-state index in [4.69, 9.17) is 4.74 Å². The molecule has 26 heavy (non-hydrogen) atoms. The molecule has 0 amide bonds. The fraction of sp³-hybridized carbons (Fsp3) is 0.571. The summed E-state index contributed by atoms with van der Waals surface area (Å²) in [5.41, 5.74) is -0.190. The zero-order chi connectivity index (χ0) is 18.9. The van der Waals surface area contributed by atoms with Gasteiger partial charge >= 0.3 is 159 Å². The summed E-state index contributed by atoms with van der Waals surface area (Å²) in [7, 11) is 0. The van der Waals surface area contributed by atoms with Crippen LogP contribution in [-0.4, -0.2) is 41.7 Å². The van der Waals surface area contributed by atoms with Crippen LogP contribution in [-0.2, 0) is 9.53 Å². The Morgan fingerprint density at radius 2 is 2.08 bits per heavy atom. The maximum atomic E-state index is 12.5. The molecule has 1 aromatic rings. The Kier molecular flexibility index (Phi) is 5.40. The van der Waals surface area contributed by atoms with Crippen LogP contribution in [0.15, 0.2) is 30.3 Å². The van der Waals surface area contributed by atoms with Gasteiger partial charge in [0.25, 0.3) is 0 Å². The van der Waals surface area contributed by atoms with Crippen LogP contribution >= 0.6 is 0 Å². The van der Waals surface area contributed by atoms with E-state index in [1.54, 1.807) is 6.92 Å². The van der Waals surface area contributed by atoms with Crippen molar-refractivity contribution in [3.63, 3.8) is 0 Å². The predicted octanol–water partition coefficient (Wildman–Crippen LogP) is 2.42. The Balaban J connectivity index is 2.11. The second-order valence-corrected chi connectivity index (χ2v) is 12.0. The first-order valence-corrected chi connectivity index (χ1v) is 12.2. The van der Waals surface area contributed by atoms with E-state index in [0.29, 0.717) is 5.92 Å². The molecule has 2 bridgehead atoms. The van der Waals surface area contributed by atoms with E-state index >= 15 is 0 Å². The van der Waals surface area contributed by atoms with Crippen LogP contribution in [0.1, 0.15) is 40.0 Å². The van der Waals surface area contributed by atoms with E-state index in [-0.39, 0.29) is 28.0 Å². The van der Waals surface area contributed by atoms with Gasteiger partial charge in [0.2, 0.25) is 0 Å². The zero-order valence-electron chi connectivity index (χ0n) is 15.7. The van der Waals surface area contributed by atoms with Crippen molar-refractivity contribution in [2.24, 2.45) is 16.7 Å². The Hall–Kier alpha value is -1.47. The fourth-order valence-corrected chi connectivity index (χ4v) is 10.4. The number of benzene rings is 1. The van der Waals surface area contributed by atoms with Gasteiger partial charge in [0.1, 0.15) is 0 Å². The van der Waals surface area contributed by atoms with Crippen molar-refractivity contribution in [1.82, 2.24) is 0 Å². The van der Waals surface area contributed by atoms with Crippen LogP contribution < -0.4 is 4.46 Å². The van der Waals surface area contributed by atoms with E-state index in [2.05, 4.69) is 19.9 Å². The quantitative estimate of drug-likeness (QED) is 0.587. The molecule has 1 aromatic carbocycles. The Bertz CT molecular complexity index is 765. The molecule has 2 aliphatic rings. The first-order valence-electron chi connectivity index (χ1n) is 9.25. The molecule has 0 saturated heterocycles. The summed E-state index contributed by atoms with van der Waals surface area (Å²) < 4.78 is 6.52. The Morgan fingerprint density at radius 3 is 2.58 bits per heavy atom. The molecule has 1 N–H and O–H groups in total. The van der Waals surface area contributed by atoms with Gasteiger partial charge in [-0.15, -0.1) is 0 Å². The van der Waals surface area contributed by atoms with Gasteiger partial charge in [-0.05, 0) is 0 Å². The zero-order valence-corrected chi connectivity index (χ0v) is 17.4. The number of fused-ring (bicyclic) bond motifs is 2. The number of ether oxygens (including phenoxy) is 1. The molecular weight excluding hydrogens is 393 g/mol. The SMILES string of the molecule is CCOC(=O)/C(C#N)=[Se](/C[C@]12CC[C@H](C[C@H]1O)C2(C)C)c1ccccc1. The summed E-state index contributed by atoms with van der Waals surface area (Å²) in [6.07, 6.45) is 2.58. The third-order valence-electron chi connectivity index (χ3n) is 6.63. The number of nitrogens with zero attached hydrogens (tertiary/aromatic N) is 1. The molecule has 4 nitrogen and oxygen atoms in total. The van der Waals surface area contributed by atoms with Crippen LogP contribution in [0.5, 0.6) is 0 Å². The summed E-state index contributed by atoms with van der Waals surface area (Å²) in [5, 5.41) is 21.4. The van der Waals surface area contributed by atoms with Gasteiger partial charge in [0.05, 0.1) is 0 Å². The number of hydrogen-bond acceptors (Lipinski definition) is 4. The van der Waals surface area contributed by atoms with E-state index in [1.165, 1.54) is 0 Å². The first-order chi connectivity index (χ1) is 12.4. The molecule has 0 aromatic heterocycles. The van der Waals surface area contributed by atoms with Crippen molar-refractivity contribution in [2.75, 3.05) is 6.61 Å². The molecule has 2 saturated carbocycles. The molecule has 4 atom stereocenters. The van der Waals surface area contributed by atoms with E-state index in [9.17, 15) is 15.2 Å². The maximum absolute atomic E-state index is 12.5. The third-order valence-corrected chi connectivity index (χ3v) is 11.7. The molecule has 5 heteroatoms. The summed E-state index contributed by atoms with van der Waals surface area (Å²) in [5.74, 6) is 0.0359. The second-order valence-electron chi connectivity index (χ2n) is 7.87. The van der Waals surface area contributed by atoms with Crippen molar-refractivity contribution in [3.05, 3.63) is 30.3 Å². The third kappa shape index (κ3) is 2.95. The van der Waals surface area contributed by atoms with Crippen molar-refractivity contribution in [2.45, 2.75) is 51.5 Å². The summed E-state index contributed by atoms with van der Waals surface area (Å²) >= 11 is -1.93. The Morgan fingerprint density at radius 1 is 1.38 bits per heavy atom. The number of carbonyl (C=O) groups is 1. The Labute approximate surface area is 159 Å². The standard InChI is InChI=1S/C21H27NO3Se/c1-4-25-19(24)17(13-22)26(16-8-6-5-7-9-16)14-21-11-10-15(12-18(21)23)20(21,2)3/h5-9,15,18,23H,4,10-12,14H2,1-3H3/t15-,18-,21-,26?/m1/s1. The average molecular weight is 420 g/mol. The molecule has 2 fully saturated rings. The van der Waals surface area contributed by atoms with E-state index in [1.807, 2.05) is 30.3 Å². The number of esters is 1. The number of nitriles is 1. The summed E-state index contributed by atoms with van der Waals surface area (Å²) in [6.45, 7) is 6.53.